The van der Waals surface area contributed by atoms with Crippen molar-refractivity contribution in [1.29, 1.82) is 0 Å². The fourth-order valence-corrected chi connectivity index (χ4v) is 4.07. The predicted molar refractivity (Wildman–Crippen MR) is 115 cm³/mol. The maximum atomic E-state index is 12.4. The molecular formula is C22H16N4OS. The van der Waals surface area contributed by atoms with Gasteiger partial charge in [0.25, 0.3) is 5.91 Å². The Morgan fingerprint density at radius 3 is 2.68 bits per heavy atom. The molecule has 136 valence electrons. The van der Waals surface area contributed by atoms with Crippen molar-refractivity contribution in [2.75, 3.05) is 0 Å². The Bertz CT molecular complexity index is 1300. The van der Waals surface area contributed by atoms with Crippen LogP contribution in [0.15, 0.2) is 76.6 Å². The van der Waals surface area contributed by atoms with E-state index in [0.717, 1.165) is 33.3 Å². The predicted octanol–water partition coefficient (Wildman–Crippen LogP) is 4.62. The van der Waals surface area contributed by atoms with Crippen LogP contribution in [0.1, 0.15) is 5.82 Å². The van der Waals surface area contributed by atoms with Crippen LogP contribution >= 0.6 is 11.8 Å². The minimum atomic E-state index is -0.156. The minimum absolute atomic E-state index is 0.156. The van der Waals surface area contributed by atoms with Gasteiger partial charge in [-0.1, -0.05) is 42.5 Å². The molecule has 4 aromatic rings. The zero-order valence-electron chi connectivity index (χ0n) is 15.1. The van der Waals surface area contributed by atoms with E-state index in [-0.39, 0.29) is 5.91 Å². The van der Waals surface area contributed by atoms with Gasteiger partial charge in [0.2, 0.25) is 0 Å². The minimum Gasteiger partial charge on any atom is -0.328 e. The first-order chi connectivity index (χ1) is 13.7. The lowest BCUT2D eigenvalue weighted by Crippen LogP contribution is -2.19. The van der Waals surface area contributed by atoms with Crippen LogP contribution in [0.3, 0.4) is 0 Å². The highest BCUT2D eigenvalue weighted by atomic mass is 32.2. The summed E-state index contributed by atoms with van der Waals surface area (Å²) in [4.78, 5) is 22.2. The Morgan fingerprint density at radius 1 is 1.04 bits per heavy atom. The number of nitrogens with one attached hydrogen (secondary N) is 1. The van der Waals surface area contributed by atoms with Crippen LogP contribution in [-0.2, 0) is 11.8 Å². The molecule has 1 fully saturated rings. The molecule has 0 spiro atoms. The van der Waals surface area contributed by atoms with Gasteiger partial charge in [-0.15, -0.1) is 0 Å². The van der Waals surface area contributed by atoms with Crippen molar-refractivity contribution in [3.8, 4) is 0 Å². The quantitative estimate of drug-likeness (QED) is 0.513. The zero-order chi connectivity index (χ0) is 19.1. The fraction of sp³-hybridized carbons (Fsp3) is 0.0455. The topological polar surface area (TPSA) is 59.3 Å². The van der Waals surface area contributed by atoms with E-state index in [4.69, 9.17) is 0 Å². The van der Waals surface area contributed by atoms with E-state index >= 15 is 0 Å². The number of carbonyl (C=O) groups excluding carboxylic acids is 1. The number of rotatable bonds is 2. The monoisotopic (exact) mass is 384 g/mol. The first-order valence-corrected chi connectivity index (χ1v) is 9.69. The van der Waals surface area contributed by atoms with E-state index in [1.807, 2.05) is 72.3 Å². The van der Waals surface area contributed by atoms with E-state index in [9.17, 15) is 4.79 Å². The molecule has 0 aliphatic carbocycles. The molecule has 28 heavy (non-hydrogen) atoms. The molecule has 6 heteroatoms. The van der Waals surface area contributed by atoms with Crippen molar-refractivity contribution in [3.05, 3.63) is 77.5 Å². The number of carbonyl (C=O) groups is 1. The van der Waals surface area contributed by atoms with Crippen LogP contribution in [0.2, 0.25) is 0 Å². The molecule has 5 rings (SSSR count). The smallest absolute Gasteiger partial charge is 0.264 e. The molecule has 0 atom stereocenters. The highest BCUT2D eigenvalue weighted by Crippen LogP contribution is 2.29. The van der Waals surface area contributed by atoms with E-state index in [1.165, 1.54) is 11.8 Å². The van der Waals surface area contributed by atoms with Crippen LogP contribution in [-0.4, -0.2) is 20.6 Å². The van der Waals surface area contributed by atoms with Crippen molar-refractivity contribution >= 4 is 56.4 Å². The first-order valence-electron chi connectivity index (χ1n) is 8.87. The lowest BCUT2D eigenvalue weighted by atomic mass is 10.1. The molecular weight excluding hydrogens is 368 g/mol. The second-order valence-corrected chi connectivity index (χ2v) is 7.56. The number of aryl methyl sites for hydroxylation is 1. The summed E-state index contributed by atoms with van der Waals surface area (Å²) < 4.78 is 1.98. The summed E-state index contributed by atoms with van der Waals surface area (Å²) in [6, 6.07) is 22.0. The van der Waals surface area contributed by atoms with Gasteiger partial charge in [0, 0.05) is 13.1 Å². The van der Waals surface area contributed by atoms with Crippen LogP contribution < -0.4 is 5.32 Å². The van der Waals surface area contributed by atoms with Crippen molar-refractivity contribution in [1.82, 2.24) is 14.9 Å². The first kappa shape index (κ1) is 16.8. The lowest BCUT2D eigenvalue weighted by Gasteiger charge is -2.00. The second kappa shape index (κ2) is 6.65. The molecule has 5 nitrogen and oxygen atoms in total. The second-order valence-electron chi connectivity index (χ2n) is 6.53. The normalized spacial score (nSPS) is 17.1. The van der Waals surface area contributed by atoms with Gasteiger partial charge in [-0.2, -0.15) is 0 Å². The number of imidazole rings is 1. The Hall–Kier alpha value is -3.38. The van der Waals surface area contributed by atoms with Gasteiger partial charge in [0.05, 0.1) is 21.6 Å². The van der Waals surface area contributed by atoms with Gasteiger partial charge in [-0.3, -0.25) is 4.79 Å². The van der Waals surface area contributed by atoms with Crippen LogP contribution in [0, 0.1) is 0 Å². The van der Waals surface area contributed by atoms with Crippen LogP contribution in [0.5, 0.6) is 0 Å². The third-order valence-electron chi connectivity index (χ3n) is 4.70. The molecule has 0 radical (unpaired) electrons. The Kier molecular flexibility index (Phi) is 3.98. The number of benzene rings is 3. The largest absolute Gasteiger partial charge is 0.328 e. The number of thioether (sulfide) groups is 1. The molecule has 1 N–H and O–H groups in total. The summed E-state index contributed by atoms with van der Waals surface area (Å²) in [6.45, 7) is 0. The third kappa shape index (κ3) is 2.97. The van der Waals surface area contributed by atoms with E-state index in [1.54, 1.807) is 0 Å². The Labute approximate surface area is 165 Å². The van der Waals surface area contributed by atoms with Crippen molar-refractivity contribution in [3.63, 3.8) is 0 Å². The van der Waals surface area contributed by atoms with Gasteiger partial charge in [-0.05, 0) is 46.8 Å². The summed E-state index contributed by atoms with van der Waals surface area (Å²) in [7, 11) is 1.95. The van der Waals surface area contributed by atoms with Gasteiger partial charge < -0.3 is 9.88 Å². The molecule has 2 heterocycles. The lowest BCUT2D eigenvalue weighted by molar-refractivity contribution is -0.115. The van der Waals surface area contributed by atoms with Crippen molar-refractivity contribution < 1.29 is 4.79 Å². The maximum Gasteiger partial charge on any atom is 0.264 e. The number of hydrogen-bond acceptors (Lipinski definition) is 4. The third-order valence-corrected chi connectivity index (χ3v) is 5.61. The van der Waals surface area contributed by atoms with E-state index < -0.39 is 0 Å². The summed E-state index contributed by atoms with van der Waals surface area (Å²) >= 11 is 1.33. The Morgan fingerprint density at radius 2 is 1.82 bits per heavy atom. The standard InChI is InChI=1S/C22H16N4OS/c1-26-18-9-5-4-8-17(18)24-20(26)13-19-21(27)25-22(28-19)23-16-11-10-14-6-2-3-7-15(14)12-16/h2-13H,1H3,(H,23,25,27)/b19-13+. The number of aliphatic imine (C=N–C) groups is 1. The maximum absolute atomic E-state index is 12.4. The average Bonchev–Trinajstić information content (AvgIpc) is 3.21. The highest BCUT2D eigenvalue weighted by Gasteiger charge is 2.24. The SMILES string of the molecule is Cn1c(/C=C2/SC(=Nc3ccc4ccccc4c3)NC2=O)nc2ccccc21. The van der Waals surface area contributed by atoms with E-state index in [0.29, 0.717) is 10.1 Å². The van der Waals surface area contributed by atoms with Crippen molar-refractivity contribution in [2.45, 2.75) is 0 Å². The fourth-order valence-electron chi connectivity index (χ4n) is 3.25. The molecule has 0 bridgehead atoms. The number of amidine groups is 1. The number of nitrogens with zero attached hydrogens (tertiary/aromatic N) is 3. The summed E-state index contributed by atoms with van der Waals surface area (Å²) in [6.07, 6.45) is 1.81. The number of para-hydroxylation sites is 2. The van der Waals surface area contributed by atoms with E-state index in [2.05, 4.69) is 27.4 Å². The van der Waals surface area contributed by atoms with Crippen molar-refractivity contribution in [2.24, 2.45) is 12.0 Å². The molecule has 0 saturated carbocycles. The molecule has 1 aliphatic rings. The summed E-state index contributed by atoms with van der Waals surface area (Å²) in [5.74, 6) is 0.586. The summed E-state index contributed by atoms with van der Waals surface area (Å²) in [5, 5.41) is 5.70. The number of fused-ring (bicyclic) bond motifs is 2. The van der Waals surface area contributed by atoms with Crippen LogP contribution in [0.4, 0.5) is 5.69 Å². The highest BCUT2D eigenvalue weighted by molar-refractivity contribution is 8.18. The Balaban J connectivity index is 1.46. The molecule has 1 aromatic heterocycles. The van der Waals surface area contributed by atoms with Gasteiger partial charge in [0.1, 0.15) is 5.82 Å². The van der Waals surface area contributed by atoms with Crippen LogP contribution in [0.25, 0.3) is 27.9 Å². The van der Waals surface area contributed by atoms with Gasteiger partial charge >= 0.3 is 0 Å². The number of aromatic nitrogens is 2. The number of hydrogen-bond donors (Lipinski definition) is 1. The molecule has 1 saturated heterocycles. The van der Waals surface area contributed by atoms with Gasteiger partial charge in [0.15, 0.2) is 5.17 Å². The number of amides is 1. The molecule has 1 amide bonds. The zero-order valence-corrected chi connectivity index (χ0v) is 15.9. The average molecular weight is 384 g/mol. The van der Waals surface area contributed by atoms with Gasteiger partial charge in [-0.25, -0.2) is 9.98 Å². The molecule has 3 aromatic carbocycles. The molecule has 0 unspecified atom stereocenters. The summed E-state index contributed by atoms with van der Waals surface area (Å²) in [5.41, 5.74) is 2.75. The molecule has 1 aliphatic heterocycles.